The lowest BCUT2D eigenvalue weighted by atomic mass is 9.93. The van der Waals surface area contributed by atoms with Gasteiger partial charge in [-0.1, -0.05) is 55.5 Å². The van der Waals surface area contributed by atoms with Crippen LogP contribution in [0.25, 0.3) is 10.8 Å². The van der Waals surface area contributed by atoms with Gasteiger partial charge in [-0.05, 0) is 41.4 Å². The lowest BCUT2D eigenvalue weighted by Gasteiger charge is -2.22. The van der Waals surface area contributed by atoms with E-state index in [-0.39, 0.29) is 6.04 Å². The molecule has 1 heterocycles. The van der Waals surface area contributed by atoms with E-state index in [1.54, 1.807) is 0 Å². The number of aromatic nitrogens is 1. The van der Waals surface area contributed by atoms with Gasteiger partial charge in [-0.2, -0.15) is 0 Å². The zero-order valence-electron chi connectivity index (χ0n) is 12.5. The first-order chi connectivity index (χ1) is 10.3. The monoisotopic (exact) mass is 276 g/mol. The van der Waals surface area contributed by atoms with Crippen molar-refractivity contribution in [2.45, 2.75) is 19.9 Å². The molecule has 0 aliphatic heterocycles. The van der Waals surface area contributed by atoms with Crippen LogP contribution >= 0.6 is 0 Å². The number of aryl methyl sites for hydroxylation is 1. The third-order valence-electron chi connectivity index (χ3n) is 3.90. The summed E-state index contributed by atoms with van der Waals surface area (Å²) in [5.41, 5.74) is 3.64. The van der Waals surface area contributed by atoms with Gasteiger partial charge in [0.25, 0.3) is 0 Å². The fourth-order valence-electron chi connectivity index (χ4n) is 2.90. The molecule has 21 heavy (non-hydrogen) atoms. The Morgan fingerprint density at radius 3 is 2.52 bits per heavy atom. The van der Waals surface area contributed by atoms with Crippen LogP contribution in [0.2, 0.25) is 0 Å². The lowest BCUT2D eigenvalue weighted by Crippen LogP contribution is -2.23. The van der Waals surface area contributed by atoms with Crippen LogP contribution in [0, 0.1) is 6.92 Å². The highest BCUT2D eigenvalue weighted by Crippen LogP contribution is 2.29. The molecule has 0 saturated carbocycles. The van der Waals surface area contributed by atoms with Crippen molar-refractivity contribution in [3.63, 3.8) is 0 Å². The topological polar surface area (TPSA) is 24.9 Å². The fraction of sp³-hybridized carbons (Fsp3) is 0.211. The summed E-state index contributed by atoms with van der Waals surface area (Å²) in [5, 5.41) is 6.19. The molecule has 1 N–H and O–H groups in total. The van der Waals surface area contributed by atoms with Crippen molar-refractivity contribution in [2.75, 3.05) is 6.54 Å². The van der Waals surface area contributed by atoms with Crippen LogP contribution in [0.4, 0.5) is 0 Å². The average molecular weight is 276 g/mol. The highest BCUT2D eigenvalue weighted by Gasteiger charge is 2.17. The normalized spacial score (nSPS) is 12.5. The molecule has 0 fully saturated rings. The number of benzene rings is 2. The zero-order valence-corrected chi connectivity index (χ0v) is 12.5. The SMILES string of the molecule is CCNC(c1cccnc1C)c1cccc2ccccc12. The maximum Gasteiger partial charge on any atom is 0.0600 e. The van der Waals surface area contributed by atoms with Crippen molar-refractivity contribution in [2.24, 2.45) is 0 Å². The number of hydrogen-bond acceptors (Lipinski definition) is 2. The van der Waals surface area contributed by atoms with Gasteiger partial charge in [0.15, 0.2) is 0 Å². The third-order valence-corrected chi connectivity index (χ3v) is 3.90. The van der Waals surface area contributed by atoms with E-state index in [1.807, 2.05) is 12.3 Å². The van der Waals surface area contributed by atoms with E-state index in [0.717, 1.165) is 12.2 Å². The predicted octanol–water partition coefficient (Wildman–Crippen LogP) is 4.24. The number of nitrogens with zero attached hydrogens (tertiary/aromatic N) is 1. The van der Waals surface area contributed by atoms with Crippen molar-refractivity contribution >= 4 is 10.8 Å². The maximum atomic E-state index is 4.45. The summed E-state index contributed by atoms with van der Waals surface area (Å²) in [4.78, 5) is 4.45. The first kappa shape index (κ1) is 13.8. The summed E-state index contributed by atoms with van der Waals surface area (Å²) in [6.45, 7) is 5.14. The minimum absolute atomic E-state index is 0.176. The molecule has 2 aromatic carbocycles. The first-order valence-electron chi connectivity index (χ1n) is 7.44. The van der Waals surface area contributed by atoms with Crippen LogP contribution < -0.4 is 5.32 Å². The molecule has 2 heteroatoms. The third kappa shape index (κ3) is 2.67. The van der Waals surface area contributed by atoms with Gasteiger partial charge in [-0.15, -0.1) is 0 Å². The maximum absolute atomic E-state index is 4.45. The molecule has 0 bridgehead atoms. The Morgan fingerprint density at radius 2 is 1.71 bits per heavy atom. The Kier molecular flexibility index (Phi) is 3.98. The van der Waals surface area contributed by atoms with Gasteiger partial charge in [0.1, 0.15) is 0 Å². The summed E-state index contributed by atoms with van der Waals surface area (Å²) in [5.74, 6) is 0. The second-order valence-corrected chi connectivity index (χ2v) is 5.24. The summed E-state index contributed by atoms with van der Waals surface area (Å²) in [7, 11) is 0. The van der Waals surface area contributed by atoms with Gasteiger partial charge >= 0.3 is 0 Å². The largest absolute Gasteiger partial charge is 0.306 e. The van der Waals surface area contributed by atoms with Gasteiger partial charge in [0, 0.05) is 11.9 Å². The van der Waals surface area contributed by atoms with Crippen molar-refractivity contribution in [1.29, 1.82) is 0 Å². The second kappa shape index (κ2) is 6.06. The Hall–Kier alpha value is -2.19. The van der Waals surface area contributed by atoms with Crippen LogP contribution in [-0.2, 0) is 0 Å². The van der Waals surface area contributed by atoms with Crippen LogP contribution in [0.5, 0.6) is 0 Å². The zero-order chi connectivity index (χ0) is 14.7. The standard InChI is InChI=1S/C19H20N2/c1-3-20-19(16-12-7-13-21-14(16)2)18-11-6-9-15-8-4-5-10-17(15)18/h4-13,19-20H,3H2,1-2H3. The van der Waals surface area contributed by atoms with Gasteiger partial charge in [0.05, 0.1) is 6.04 Å². The molecule has 3 rings (SSSR count). The van der Waals surface area contributed by atoms with E-state index in [9.17, 15) is 0 Å². The molecule has 1 aromatic heterocycles. The summed E-state index contributed by atoms with van der Waals surface area (Å²) in [6, 6.07) is 19.4. The summed E-state index contributed by atoms with van der Waals surface area (Å²) < 4.78 is 0. The molecule has 2 nitrogen and oxygen atoms in total. The summed E-state index contributed by atoms with van der Waals surface area (Å²) >= 11 is 0. The average Bonchev–Trinajstić information content (AvgIpc) is 2.53. The highest BCUT2D eigenvalue weighted by molar-refractivity contribution is 5.86. The number of rotatable bonds is 4. The first-order valence-corrected chi connectivity index (χ1v) is 7.44. The predicted molar refractivity (Wildman–Crippen MR) is 88.4 cm³/mol. The molecule has 0 spiro atoms. The minimum atomic E-state index is 0.176. The Morgan fingerprint density at radius 1 is 0.952 bits per heavy atom. The van der Waals surface area contributed by atoms with Gasteiger partial charge in [-0.3, -0.25) is 4.98 Å². The quantitative estimate of drug-likeness (QED) is 0.771. The summed E-state index contributed by atoms with van der Waals surface area (Å²) in [6.07, 6.45) is 1.85. The molecule has 3 aromatic rings. The molecular formula is C19H20N2. The van der Waals surface area contributed by atoms with E-state index in [1.165, 1.54) is 21.9 Å². The van der Waals surface area contributed by atoms with E-state index < -0.39 is 0 Å². The number of pyridine rings is 1. The minimum Gasteiger partial charge on any atom is -0.306 e. The Bertz CT molecular complexity index is 744. The molecule has 0 radical (unpaired) electrons. The number of hydrogen-bond donors (Lipinski definition) is 1. The number of fused-ring (bicyclic) bond motifs is 1. The Labute approximate surface area is 125 Å². The Balaban J connectivity index is 2.19. The van der Waals surface area contributed by atoms with E-state index in [2.05, 4.69) is 72.7 Å². The molecule has 1 atom stereocenters. The molecule has 0 aliphatic rings. The fourth-order valence-corrected chi connectivity index (χ4v) is 2.90. The highest BCUT2D eigenvalue weighted by atomic mass is 14.9. The van der Waals surface area contributed by atoms with E-state index in [0.29, 0.717) is 0 Å². The molecular weight excluding hydrogens is 256 g/mol. The van der Waals surface area contributed by atoms with Crippen LogP contribution in [0.3, 0.4) is 0 Å². The van der Waals surface area contributed by atoms with Crippen molar-refractivity contribution in [3.8, 4) is 0 Å². The van der Waals surface area contributed by atoms with Crippen LogP contribution in [-0.4, -0.2) is 11.5 Å². The molecule has 0 aliphatic carbocycles. The van der Waals surface area contributed by atoms with Crippen molar-refractivity contribution < 1.29 is 0 Å². The van der Waals surface area contributed by atoms with Gasteiger partial charge < -0.3 is 5.32 Å². The number of nitrogens with one attached hydrogen (secondary N) is 1. The van der Waals surface area contributed by atoms with Crippen molar-refractivity contribution in [1.82, 2.24) is 10.3 Å². The second-order valence-electron chi connectivity index (χ2n) is 5.24. The van der Waals surface area contributed by atoms with Gasteiger partial charge in [0.2, 0.25) is 0 Å². The molecule has 0 saturated heterocycles. The molecule has 106 valence electrons. The van der Waals surface area contributed by atoms with Crippen LogP contribution in [0.1, 0.15) is 29.8 Å². The van der Waals surface area contributed by atoms with E-state index in [4.69, 9.17) is 0 Å². The molecule has 1 unspecified atom stereocenters. The smallest absolute Gasteiger partial charge is 0.0600 e. The van der Waals surface area contributed by atoms with E-state index >= 15 is 0 Å². The van der Waals surface area contributed by atoms with Crippen molar-refractivity contribution in [3.05, 3.63) is 77.6 Å². The molecule has 0 amide bonds. The van der Waals surface area contributed by atoms with Gasteiger partial charge in [-0.25, -0.2) is 0 Å². The van der Waals surface area contributed by atoms with Crippen LogP contribution in [0.15, 0.2) is 60.8 Å². The lowest BCUT2D eigenvalue weighted by molar-refractivity contribution is 0.628.